The molecule has 0 bridgehead atoms. The zero-order valence-corrected chi connectivity index (χ0v) is 16.7. The molecule has 3 rings (SSSR count). The van der Waals surface area contributed by atoms with Crippen LogP contribution < -0.4 is 4.74 Å². The van der Waals surface area contributed by atoms with E-state index in [0.717, 1.165) is 5.56 Å². The highest BCUT2D eigenvalue weighted by molar-refractivity contribution is 6.31. The molecule has 0 aliphatic carbocycles. The summed E-state index contributed by atoms with van der Waals surface area (Å²) in [4.78, 5) is 22.2. The number of aromatic carboxylic acids is 1. The fraction of sp³-hybridized carbons (Fsp3) is 0.136. The van der Waals surface area contributed by atoms with Gasteiger partial charge in [-0.15, -0.1) is 0 Å². The van der Waals surface area contributed by atoms with E-state index >= 15 is 0 Å². The van der Waals surface area contributed by atoms with Crippen molar-refractivity contribution in [3.05, 3.63) is 93.0 Å². The third-order valence-corrected chi connectivity index (χ3v) is 4.10. The fourth-order valence-corrected chi connectivity index (χ4v) is 2.84. The van der Waals surface area contributed by atoms with E-state index < -0.39 is 10.9 Å². The van der Waals surface area contributed by atoms with Crippen LogP contribution in [0.15, 0.2) is 66.7 Å². The second-order valence-electron chi connectivity index (χ2n) is 5.72. The van der Waals surface area contributed by atoms with E-state index in [1.807, 2.05) is 44.2 Å². The molecule has 7 heteroatoms. The lowest BCUT2D eigenvalue weighted by Crippen LogP contribution is -2.02. The lowest BCUT2D eigenvalue weighted by molar-refractivity contribution is -0.385. The van der Waals surface area contributed by atoms with Crippen molar-refractivity contribution in [2.45, 2.75) is 20.5 Å². The van der Waals surface area contributed by atoms with Gasteiger partial charge in [-0.05, 0) is 29.3 Å². The quantitative estimate of drug-likeness (QED) is 0.382. The zero-order chi connectivity index (χ0) is 21.4. The predicted molar refractivity (Wildman–Crippen MR) is 113 cm³/mol. The van der Waals surface area contributed by atoms with Crippen LogP contribution in [0.3, 0.4) is 0 Å². The number of nitrogens with zero attached hydrogens (tertiary/aromatic N) is 1. The van der Waals surface area contributed by atoms with Gasteiger partial charge < -0.3 is 9.84 Å². The Morgan fingerprint density at radius 3 is 2.38 bits per heavy atom. The highest BCUT2D eigenvalue weighted by Crippen LogP contribution is 2.41. The SMILES string of the molecule is CC.O=C(O)c1cccc(-c2cc(Cl)cc([N+](=O)[O-])c2OCc2ccccc2)c1. The van der Waals surface area contributed by atoms with Gasteiger partial charge in [0.15, 0.2) is 0 Å². The number of carboxylic acid groups (broad SMARTS) is 1. The summed E-state index contributed by atoms with van der Waals surface area (Å²) < 4.78 is 5.78. The molecular weight excluding hydrogens is 394 g/mol. The number of nitro benzene ring substituents is 1. The molecule has 0 fully saturated rings. The van der Waals surface area contributed by atoms with Crippen LogP contribution in [-0.4, -0.2) is 16.0 Å². The molecular formula is C22H20ClNO5. The van der Waals surface area contributed by atoms with E-state index in [9.17, 15) is 20.0 Å². The molecule has 3 aromatic carbocycles. The summed E-state index contributed by atoms with van der Waals surface area (Å²) in [6, 6.07) is 18.0. The minimum Gasteiger partial charge on any atom is -0.482 e. The molecule has 1 N–H and O–H groups in total. The Balaban J connectivity index is 0.00000145. The number of nitro groups is 1. The molecule has 150 valence electrons. The number of halogens is 1. The average Bonchev–Trinajstić information content (AvgIpc) is 2.74. The van der Waals surface area contributed by atoms with Gasteiger partial charge in [0.2, 0.25) is 5.75 Å². The summed E-state index contributed by atoms with van der Waals surface area (Å²) in [5, 5.41) is 20.9. The number of hydrogen-bond donors (Lipinski definition) is 1. The van der Waals surface area contributed by atoms with Crippen molar-refractivity contribution >= 4 is 23.3 Å². The van der Waals surface area contributed by atoms with Gasteiger partial charge in [0, 0.05) is 16.7 Å². The maximum Gasteiger partial charge on any atom is 0.335 e. The van der Waals surface area contributed by atoms with Crippen molar-refractivity contribution in [1.29, 1.82) is 0 Å². The molecule has 0 unspecified atom stereocenters. The van der Waals surface area contributed by atoms with Crippen molar-refractivity contribution < 1.29 is 19.6 Å². The zero-order valence-electron chi connectivity index (χ0n) is 16.0. The Labute approximate surface area is 173 Å². The minimum atomic E-state index is -1.10. The van der Waals surface area contributed by atoms with Crippen molar-refractivity contribution in [2.75, 3.05) is 0 Å². The maximum atomic E-state index is 11.5. The van der Waals surface area contributed by atoms with Crippen LogP contribution in [0.5, 0.6) is 5.75 Å². The van der Waals surface area contributed by atoms with E-state index in [1.54, 1.807) is 12.1 Å². The highest BCUT2D eigenvalue weighted by atomic mass is 35.5. The Hall–Kier alpha value is -3.38. The number of carbonyl (C=O) groups is 1. The van der Waals surface area contributed by atoms with Gasteiger partial charge in [0.05, 0.1) is 10.5 Å². The van der Waals surface area contributed by atoms with Gasteiger partial charge in [-0.3, -0.25) is 10.1 Å². The van der Waals surface area contributed by atoms with Crippen LogP contribution in [0.25, 0.3) is 11.1 Å². The molecule has 29 heavy (non-hydrogen) atoms. The minimum absolute atomic E-state index is 0.0378. The highest BCUT2D eigenvalue weighted by Gasteiger charge is 2.23. The summed E-state index contributed by atoms with van der Waals surface area (Å²) in [6.07, 6.45) is 0. The standard InChI is InChI=1S/C20H14ClNO5.C2H6/c21-16-10-17(14-7-4-8-15(9-14)20(23)24)19(18(11-16)22(25)26)27-12-13-5-2-1-3-6-13;1-2/h1-11H,12H2,(H,23,24);1-2H3. The van der Waals surface area contributed by atoms with Crippen molar-refractivity contribution in [3.63, 3.8) is 0 Å². The fourth-order valence-electron chi connectivity index (χ4n) is 2.63. The number of ether oxygens (including phenoxy) is 1. The molecule has 0 aliphatic rings. The van der Waals surface area contributed by atoms with Gasteiger partial charge >= 0.3 is 11.7 Å². The average molecular weight is 414 g/mol. The lowest BCUT2D eigenvalue weighted by Gasteiger charge is -2.13. The van der Waals surface area contributed by atoms with Crippen LogP contribution in [-0.2, 0) is 6.61 Å². The first-order chi connectivity index (χ1) is 14.0. The maximum absolute atomic E-state index is 11.5. The number of hydrogen-bond acceptors (Lipinski definition) is 4. The van der Waals surface area contributed by atoms with Gasteiger partial charge in [-0.1, -0.05) is 67.9 Å². The van der Waals surface area contributed by atoms with Gasteiger partial charge in [-0.2, -0.15) is 0 Å². The van der Waals surface area contributed by atoms with E-state index in [0.29, 0.717) is 11.1 Å². The molecule has 0 saturated heterocycles. The molecule has 3 aromatic rings. The first kappa shape index (κ1) is 21.9. The Morgan fingerprint density at radius 2 is 1.76 bits per heavy atom. The second-order valence-corrected chi connectivity index (χ2v) is 6.16. The smallest absolute Gasteiger partial charge is 0.335 e. The topological polar surface area (TPSA) is 89.7 Å². The van der Waals surface area contributed by atoms with Crippen LogP contribution in [0.1, 0.15) is 29.8 Å². The normalized spacial score (nSPS) is 9.90. The third kappa shape index (κ3) is 5.56. The first-order valence-corrected chi connectivity index (χ1v) is 9.32. The van der Waals surface area contributed by atoms with Crippen LogP contribution in [0, 0.1) is 10.1 Å². The Kier molecular flexibility index (Phi) is 7.74. The van der Waals surface area contributed by atoms with Crippen LogP contribution >= 0.6 is 11.6 Å². The van der Waals surface area contributed by atoms with Crippen molar-refractivity contribution in [2.24, 2.45) is 0 Å². The molecule has 0 saturated carbocycles. The van der Waals surface area contributed by atoms with Crippen molar-refractivity contribution in [1.82, 2.24) is 0 Å². The second kappa shape index (κ2) is 10.2. The molecule has 0 aromatic heterocycles. The summed E-state index contributed by atoms with van der Waals surface area (Å²) in [5.74, 6) is -1.06. The van der Waals surface area contributed by atoms with Gasteiger partial charge in [0.25, 0.3) is 0 Å². The molecule has 0 aliphatic heterocycles. The first-order valence-electron chi connectivity index (χ1n) is 8.94. The predicted octanol–water partition coefficient (Wildman–Crippen LogP) is 6.22. The van der Waals surface area contributed by atoms with Crippen molar-refractivity contribution in [3.8, 4) is 16.9 Å². The van der Waals surface area contributed by atoms with Crippen LogP contribution in [0.4, 0.5) is 5.69 Å². The van der Waals surface area contributed by atoms with E-state index in [2.05, 4.69) is 0 Å². The number of carboxylic acids is 1. The van der Waals surface area contributed by atoms with E-state index in [1.165, 1.54) is 24.3 Å². The third-order valence-electron chi connectivity index (χ3n) is 3.88. The summed E-state index contributed by atoms with van der Waals surface area (Å²) >= 11 is 6.06. The monoisotopic (exact) mass is 413 g/mol. The number of benzene rings is 3. The summed E-state index contributed by atoms with van der Waals surface area (Å²) in [7, 11) is 0. The van der Waals surface area contributed by atoms with E-state index in [4.69, 9.17) is 16.3 Å². The summed E-state index contributed by atoms with van der Waals surface area (Å²) in [5.41, 5.74) is 1.43. The largest absolute Gasteiger partial charge is 0.482 e. The molecule has 0 amide bonds. The van der Waals surface area contributed by atoms with Gasteiger partial charge in [-0.25, -0.2) is 4.79 Å². The Bertz CT molecular complexity index is 1010. The van der Waals surface area contributed by atoms with Gasteiger partial charge in [0.1, 0.15) is 6.61 Å². The Morgan fingerprint density at radius 1 is 1.07 bits per heavy atom. The lowest BCUT2D eigenvalue weighted by atomic mass is 10.0. The molecule has 6 nitrogen and oxygen atoms in total. The van der Waals surface area contributed by atoms with Crippen LogP contribution in [0.2, 0.25) is 5.02 Å². The summed E-state index contributed by atoms with van der Waals surface area (Å²) in [6.45, 7) is 4.12. The molecule has 0 radical (unpaired) electrons. The number of rotatable bonds is 6. The molecule has 0 spiro atoms. The molecule has 0 atom stereocenters. The van der Waals surface area contributed by atoms with E-state index in [-0.39, 0.29) is 28.6 Å². The molecule has 0 heterocycles.